The molecule has 6 heteroatoms. The predicted octanol–water partition coefficient (Wildman–Crippen LogP) is 7.57. The minimum Gasteiger partial charge on any atom is -0.423 e. The number of nitrogens with zero attached hydrogens (tertiary/aromatic N) is 2. The largest absolute Gasteiger partial charge is 0.423 e. The van der Waals surface area contributed by atoms with Gasteiger partial charge in [0, 0.05) is 22.2 Å². The van der Waals surface area contributed by atoms with E-state index in [2.05, 4.69) is 43.5 Å². The van der Waals surface area contributed by atoms with Gasteiger partial charge in [0.1, 0.15) is 5.58 Å². The van der Waals surface area contributed by atoms with E-state index in [0.29, 0.717) is 28.8 Å². The molecule has 2 aromatic heterocycles. The maximum Gasteiger partial charge on any atom is 0.336 e. The van der Waals surface area contributed by atoms with Gasteiger partial charge in [-0.2, -0.15) is 0 Å². The number of fused-ring (bicyclic) bond motifs is 2. The molecule has 0 N–H and O–H groups in total. The molecule has 34 heavy (non-hydrogen) atoms. The number of hydrogen-bond acceptors (Lipinski definition) is 4. The standard InChI is InChI=1S/C28H25ClN2O2S/c1-17(2)22-14-23-20(12-27(32)33-26(23)11-18(22)3)16-34-28-30-24-13-21(29)9-10-25(24)31(28)15-19-7-5-4-6-8-19/h4-14,17H,15-16H2,1-3H3. The number of rotatable bonds is 6. The minimum absolute atomic E-state index is 0.329. The zero-order chi connectivity index (χ0) is 23.8. The van der Waals surface area contributed by atoms with Crippen LogP contribution in [0, 0.1) is 6.92 Å². The Labute approximate surface area is 207 Å². The third-order valence-corrected chi connectivity index (χ3v) is 7.31. The monoisotopic (exact) mass is 488 g/mol. The lowest BCUT2D eigenvalue weighted by atomic mass is 9.95. The van der Waals surface area contributed by atoms with E-state index in [0.717, 1.165) is 32.7 Å². The summed E-state index contributed by atoms with van der Waals surface area (Å²) in [4.78, 5) is 17.2. The average molecular weight is 489 g/mol. The zero-order valence-electron chi connectivity index (χ0n) is 19.3. The average Bonchev–Trinajstić information content (AvgIpc) is 3.13. The molecule has 0 radical (unpaired) electrons. The fourth-order valence-corrected chi connectivity index (χ4v) is 5.56. The molecular formula is C28H25ClN2O2S. The second-order valence-corrected chi connectivity index (χ2v) is 10.2. The van der Waals surface area contributed by atoms with E-state index in [1.165, 1.54) is 11.1 Å². The lowest BCUT2D eigenvalue weighted by molar-refractivity contribution is 0.559. The molecule has 5 rings (SSSR count). The van der Waals surface area contributed by atoms with Crippen molar-refractivity contribution in [1.29, 1.82) is 0 Å². The highest BCUT2D eigenvalue weighted by Gasteiger charge is 2.15. The molecule has 0 atom stereocenters. The molecule has 0 amide bonds. The summed E-state index contributed by atoms with van der Waals surface area (Å²) in [6.45, 7) is 7.13. The Morgan fingerprint density at radius 1 is 1.06 bits per heavy atom. The quantitative estimate of drug-likeness (QED) is 0.183. The van der Waals surface area contributed by atoms with Crippen LogP contribution >= 0.6 is 23.4 Å². The highest BCUT2D eigenvalue weighted by Crippen LogP contribution is 2.32. The molecule has 0 saturated carbocycles. The Morgan fingerprint density at radius 2 is 1.85 bits per heavy atom. The number of thioether (sulfide) groups is 1. The van der Waals surface area contributed by atoms with Crippen molar-refractivity contribution in [3.05, 3.63) is 104 Å². The Hall–Kier alpha value is -3.02. The lowest BCUT2D eigenvalue weighted by Crippen LogP contribution is -2.04. The molecule has 0 fully saturated rings. The first kappa shape index (κ1) is 22.8. The molecule has 0 unspecified atom stereocenters. The SMILES string of the molecule is Cc1cc2oc(=O)cc(CSc3nc4cc(Cl)ccc4n3Cc3ccccc3)c2cc1C(C)C. The van der Waals surface area contributed by atoms with E-state index in [4.69, 9.17) is 21.0 Å². The van der Waals surface area contributed by atoms with Crippen LogP contribution in [-0.4, -0.2) is 9.55 Å². The van der Waals surface area contributed by atoms with Crippen molar-refractivity contribution >= 4 is 45.4 Å². The van der Waals surface area contributed by atoms with Gasteiger partial charge in [-0.05, 0) is 65.4 Å². The van der Waals surface area contributed by atoms with Gasteiger partial charge in [0.15, 0.2) is 5.16 Å². The summed E-state index contributed by atoms with van der Waals surface area (Å²) < 4.78 is 7.74. The third kappa shape index (κ3) is 4.50. The zero-order valence-corrected chi connectivity index (χ0v) is 20.9. The summed E-state index contributed by atoms with van der Waals surface area (Å²) in [5, 5.41) is 2.53. The van der Waals surface area contributed by atoms with Crippen LogP contribution in [0.1, 0.15) is 42.0 Å². The predicted molar refractivity (Wildman–Crippen MR) is 141 cm³/mol. The molecule has 0 aliphatic heterocycles. The van der Waals surface area contributed by atoms with Crippen LogP contribution in [0.2, 0.25) is 5.02 Å². The van der Waals surface area contributed by atoms with Crippen LogP contribution in [-0.2, 0) is 12.3 Å². The van der Waals surface area contributed by atoms with E-state index < -0.39 is 0 Å². The van der Waals surface area contributed by atoms with Gasteiger partial charge in [-0.25, -0.2) is 9.78 Å². The summed E-state index contributed by atoms with van der Waals surface area (Å²) in [6.07, 6.45) is 0. The molecule has 4 nitrogen and oxygen atoms in total. The third-order valence-electron chi connectivity index (χ3n) is 6.05. The van der Waals surface area contributed by atoms with Crippen molar-refractivity contribution in [3.63, 3.8) is 0 Å². The molecule has 3 aromatic carbocycles. The molecular weight excluding hydrogens is 464 g/mol. The lowest BCUT2D eigenvalue weighted by Gasteiger charge is -2.13. The van der Waals surface area contributed by atoms with Crippen LogP contribution in [0.4, 0.5) is 0 Å². The van der Waals surface area contributed by atoms with Crippen molar-refractivity contribution in [1.82, 2.24) is 9.55 Å². The normalized spacial score (nSPS) is 11.7. The molecule has 0 spiro atoms. The number of imidazole rings is 1. The summed E-state index contributed by atoms with van der Waals surface area (Å²) in [6, 6.07) is 21.9. The van der Waals surface area contributed by atoms with Gasteiger partial charge >= 0.3 is 5.63 Å². The van der Waals surface area contributed by atoms with E-state index in [-0.39, 0.29) is 5.63 Å². The summed E-state index contributed by atoms with van der Waals surface area (Å²) in [5.74, 6) is 0.991. The van der Waals surface area contributed by atoms with E-state index in [9.17, 15) is 4.79 Å². The fourth-order valence-electron chi connectivity index (χ4n) is 4.38. The summed E-state index contributed by atoms with van der Waals surface area (Å²) in [5.41, 5.74) is 6.75. The highest BCUT2D eigenvalue weighted by atomic mass is 35.5. The van der Waals surface area contributed by atoms with Gasteiger partial charge in [-0.15, -0.1) is 0 Å². The fraction of sp³-hybridized carbons (Fsp3) is 0.214. The summed E-state index contributed by atoms with van der Waals surface area (Å²) >= 11 is 7.87. The Kier molecular flexibility index (Phi) is 6.24. The topological polar surface area (TPSA) is 48.0 Å². The first-order valence-corrected chi connectivity index (χ1v) is 12.6. The number of aromatic nitrogens is 2. The molecule has 0 saturated heterocycles. The van der Waals surface area contributed by atoms with Gasteiger partial charge in [-0.3, -0.25) is 0 Å². The maximum atomic E-state index is 12.3. The number of benzene rings is 3. The second-order valence-electron chi connectivity index (χ2n) is 8.84. The van der Waals surface area contributed by atoms with E-state index >= 15 is 0 Å². The van der Waals surface area contributed by atoms with Crippen LogP contribution in [0.25, 0.3) is 22.0 Å². The molecule has 0 aliphatic carbocycles. The highest BCUT2D eigenvalue weighted by molar-refractivity contribution is 7.98. The number of hydrogen-bond donors (Lipinski definition) is 0. The van der Waals surface area contributed by atoms with Crippen LogP contribution < -0.4 is 5.63 Å². The Balaban J connectivity index is 1.56. The molecule has 2 heterocycles. The van der Waals surface area contributed by atoms with Gasteiger partial charge < -0.3 is 8.98 Å². The van der Waals surface area contributed by atoms with Crippen molar-refractivity contribution in [3.8, 4) is 0 Å². The second kappa shape index (κ2) is 9.32. The van der Waals surface area contributed by atoms with Gasteiger partial charge in [0.2, 0.25) is 0 Å². The van der Waals surface area contributed by atoms with Crippen molar-refractivity contribution < 1.29 is 4.42 Å². The molecule has 0 bridgehead atoms. The molecule has 0 aliphatic rings. The van der Waals surface area contributed by atoms with Crippen LogP contribution in [0.3, 0.4) is 0 Å². The van der Waals surface area contributed by atoms with Crippen LogP contribution in [0.15, 0.2) is 81.1 Å². The minimum atomic E-state index is -0.329. The van der Waals surface area contributed by atoms with Crippen molar-refractivity contribution in [2.75, 3.05) is 0 Å². The number of halogens is 1. The molecule has 172 valence electrons. The van der Waals surface area contributed by atoms with Gasteiger partial charge in [0.05, 0.1) is 17.6 Å². The maximum absolute atomic E-state index is 12.3. The van der Waals surface area contributed by atoms with Gasteiger partial charge in [0.25, 0.3) is 0 Å². The molecule has 5 aromatic rings. The smallest absolute Gasteiger partial charge is 0.336 e. The Morgan fingerprint density at radius 3 is 2.62 bits per heavy atom. The van der Waals surface area contributed by atoms with E-state index in [1.54, 1.807) is 17.8 Å². The van der Waals surface area contributed by atoms with Crippen molar-refractivity contribution in [2.45, 2.75) is 44.1 Å². The Bertz CT molecular complexity index is 1550. The van der Waals surface area contributed by atoms with E-state index in [1.807, 2.05) is 42.5 Å². The first-order chi connectivity index (χ1) is 16.4. The van der Waals surface area contributed by atoms with Crippen molar-refractivity contribution in [2.24, 2.45) is 0 Å². The van der Waals surface area contributed by atoms with Crippen LogP contribution in [0.5, 0.6) is 0 Å². The van der Waals surface area contributed by atoms with Gasteiger partial charge in [-0.1, -0.05) is 67.5 Å². The summed E-state index contributed by atoms with van der Waals surface area (Å²) in [7, 11) is 0. The number of aryl methyl sites for hydroxylation is 1. The first-order valence-electron chi connectivity index (χ1n) is 11.3.